The lowest BCUT2D eigenvalue weighted by Crippen LogP contribution is -2.22. The van der Waals surface area contributed by atoms with Crippen molar-refractivity contribution in [2.75, 3.05) is 13.1 Å². The minimum atomic E-state index is 0.587. The first-order valence-electron chi connectivity index (χ1n) is 6.87. The van der Waals surface area contributed by atoms with Crippen LogP contribution in [-0.2, 0) is 6.54 Å². The highest BCUT2D eigenvalue weighted by Crippen LogP contribution is 2.18. The Bertz CT molecular complexity index is 304. The minimum absolute atomic E-state index is 0.587. The second-order valence-electron chi connectivity index (χ2n) is 5.27. The fraction of sp³-hybridized carbons (Fsp3) is 0.786. The molecule has 3 nitrogen and oxygen atoms in total. The molecule has 1 N–H and O–H groups in total. The largest absolute Gasteiger partial charge is 0.316 e. The third-order valence-electron chi connectivity index (χ3n) is 3.00. The van der Waals surface area contributed by atoms with E-state index in [1.54, 1.807) is 0 Å². The van der Waals surface area contributed by atoms with E-state index in [1.807, 2.05) is 6.20 Å². The smallest absolute Gasteiger partial charge is 0.0492 e. The van der Waals surface area contributed by atoms with Gasteiger partial charge in [-0.1, -0.05) is 27.7 Å². The molecule has 1 heterocycles. The van der Waals surface area contributed by atoms with Crippen LogP contribution in [0.15, 0.2) is 12.3 Å². The molecule has 1 rings (SSSR count). The zero-order valence-corrected chi connectivity index (χ0v) is 11.7. The maximum absolute atomic E-state index is 4.38. The molecule has 0 aliphatic rings. The average molecular weight is 237 g/mol. The van der Waals surface area contributed by atoms with Gasteiger partial charge in [-0.05, 0) is 43.8 Å². The van der Waals surface area contributed by atoms with Crippen LogP contribution < -0.4 is 5.32 Å². The quantitative estimate of drug-likeness (QED) is 0.704. The molecular formula is C14H27N3. The van der Waals surface area contributed by atoms with Gasteiger partial charge >= 0.3 is 0 Å². The molecule has 0 spiro atoms. The molecule has 0 bridgehead atoms. The van der Waals surface area contributed by atoms with Crippen LogP contribution in [-0.4, -0.2) is 22.9 Å². The van der Waals surface area contributed by atoms with Gasteiger partial charge < -0.3 is 5.32 Å². The van der Waals surface area contributed by atoms with Crippen LogP contribution in [0.1, 0.15) is 52.1 Å². The summed E-state index contributed by atoms with van der Waals surface area (Å²) in [6.45, 7) is 12.2. The van der Waals surface area contributed by atoms with Crippen molar-refractivity contribution in [3.63, 3.8) is 0 Å². The van der Waals surface area contributed by atoms with E-state index in [0.29, 0.717) is 5.92 Å². The van der Waals surface area contributed by atoms with Gasteiger partial charge in [-0.25, -0.2) is 0 Å². The van der Waals surface area contributed by atoms with E-state index in [9.17, 15) is 0 Å². The lowest BCUT2D eigenvalue weighted by molar-refractivity contribution is 0.497. The van der Waals surface area contributed by atoms with Crippen LogP contribution in [0.25, 0.3) is 0 Å². The fourth-order valence-electron chi connectivity index (χ4n) is 2.02. The number of hydrogen-bond donors (Lipinski definition) is 1. The van der Waals surface area contributed by atoms with Crippen molar-refractivity contribution < 1.29 is 0 Å². The van der Waals surface area contributed by atoms with Gasteiger partial charge in [-0.3, -0.25) is 4.68 Å². The Balaban J connectivity index is 2.35. The lowest BCUT2D eigenvalue weighted by atomic mass is 10.0. The SMILES string of the molecule is CCCn1nccc1C(C)CCNCC(C)C. The van der Waals surface area contributed by atoms with E-state index >= 15 is 0 Å². The van der Waals surface area contributed by atoms with E-state index < -0.39 is 0 Å². The Kier molecular flexibility index (Phi) is 6.27. The van der Waals surface area contributed by atoms with E-state index in [1.165, 1.54) is 12.1 Å². The van der Waals surface area contributed by atoms with Gasteiger partial charge in [-0.15, -0.1) is 0 Å². The van der Waals surface area contributed by atoms with Crippen molar-refractivity contribution in [3.05, 3.63) is 18.0 Å². The van der Waals surface area contributed by atoms with E-state index in [2.05, 4.69) is 48.9 Å². The first kappa shape index (κ1) is 14.2. The zero-order valence-electron chi connectivity index (χ0n) is 11.7. The van der Waals surface area contributed by atoms with E-state index in [-0.39, 0.29) is 0 Å². The Labute approximate surface area is 106 Å². The molecule has 0 fully saturated rings. The maximum atomic E-state index is 4.38. The highest BCUT2D eigenvalue weighted by Gasteiger charge is 2.10. The van der Waals surface area contributed by atoms with Gasteiger partial charge in [0.1, 0.15) is 0 Å². The number of nitrogens with zero attached hydrogens (tertiary/aromatic N) is 2. The van der Waals surface area contributed by atoms with Crippen molar-refractivity contribution in [2.24, 2.45) is 5.92 Å². The minimum Gasteiger partial charge on any atom is -0.316 e. The molecule has 3 heteroatoms. The van der Waals surface area contributed by atoms with Gasteiger partial charge in [0.2, 0.25) is 0 Å². The zero-order chi connectivity index (χ0) is 12.7. The van der Waals surface area contributed by atoms with Crippen LogP contribution in [0.4, 0.5) is 0 Å². The van der Waals surface area contributed by atoms with Gasteiger partial charge in [0.25, 0.3) is 0 Å². The molecule has 17 heavy (non-hydrogen) atoms. The van der Waals surface area contributed by atoms with Crippen molar-refractivity contribution in [2.45, 2.75) is 53.0 Å². The summed E-state index contributed by atoms with van der Waals surface area (Å²) in [5, 5.41) is 7.88. The van der Waals surface area contributed by atoms with Crippen LogP contribution in [0.5, 0.6) is 0 Å². The molecule has 0 amide bonds. The Morgan fingerprint density at radius 3 is 2.76 bits per heavy atom. The fourth-order valence-corrected chi connectivity index (χ4v) is 2.02. The summed E-state index contributed by atoms with van der Waals surface area (Å²) in [7, 11) is 0. The van der Waals surface area contributed by atoms with E-state index in [4.69, 9.17) is 0 Å². The molecule has 98 valence electrons. The lowest BCUT2D eigenvalue weighted by Gasteiger charge is -2.15. The summed E-state index contributed by atoms with van der Waals surface area (Å²) in [6, 6.07) is 2.16. The summed E-state index contributed by atoms with van der Waals surface area (Å²) in [6.07, 6.45) is 4.25. The number of rotatable bonds is 8. The summed E-state index contributed by atoms with van der Waals surface area (Å²) in [4.78, 5) is 0. The predicted octanol–water partition coefficient (Wildman–Crippen LogP) is 3.03. The molecular weight excluding hydrogens is 210 g/mol. The summed E-state index contributed by atoms with van der Waals surface area (Å²) < 4.78 is 2.15. The summed E-state index contributed by atoms with van der Waals surface area (Å²) in [5.41, 5.74) is 1.37. The van der Waals surface area contributed by atoms with E-state index in [0.717, 1.165) is 32.0 Å². The Morgan fingerprint density at radius 2 is 2.12 bits per heavy atom. The van der Waals surface area contributed by atoms with Crippen molar-refractivity contribution in [3.8, 4) is 0 Å². The second kappa shape index (κ2) is 7.49. The number of aryl methyl sites for hydroxylation is 1. The molecule has 0 saturated heterocycles. The molecule has 1 aromatic heterocycles. The van der Waals surface area contributed by atoms with Gasteiger partial charge in [0.05, 0.1) is 0 Å². The van der Waals surface area contributed by atoms with Crippen LogP contribution >= 0.6 is 0 Å². The molecule has 0 aliphatic carbocycles. The van der Waals surface area contributed by atoms with Gasteiger partial charge in [-0.2, -0.15) is 5.10 Å². The predicted molar refractivity (Wildman–Crippen MR) is 73.3 cm³/mol. The first-order chi connectivity index (χ1) is 8.15. The molecule has 1 atom stereocenters. The Hall–Kier alpha value is -0.830. The molecule has 0 radical (unpaired) electrons. The van der Waals surface area contributed by atoms with Crippen molar-refractivity contribution >= 4 is 0 Å². The Morgan fingerprint density at radius 1 is 1.35 bits per heavy atom. The maximum Gasteiger partial charge on any atom is 0.0492 e. The second-order valence-corrected chi connectivity index (χ2v) is 5.27. The monoisotopic (exact) mass is 237 g/mol. The van der Waals surface area contributed by atoms with Crippen LogP contribution in [0.2, 0.25) is 0 Å². The number of nitrogens with one attached hydrogen (secondary N) is 1. The van der Waals surface area contributed by atoms with Crippen molar-refractivity contribution in [1.82, 2.24) is 15.1 Å². The van der Waals surface area contributed by atoms with Gasteiger partial charge in [0, 0.05) is 18.4 Å². The molecule has 0 aliphatic heterocycles. The average Bonchev–Trinajstić information content (AvgIpc) is 2.72. The first-order valence-corrected chi connectivity index (χ1v) is 6.87. The number of aromatic nitrogens is 2. The molecule has 1 aromatic rings. The van der Waals surface area contributed by atoms with Crippen LogP contribution in [0, 0.1) is 5.92 Å². The normalized spacial score (nSPS) is 13.2. The van der Waals surface area contributed by atoms with Gasteiger partial charge in [0.15, 0.2) is 0 Å². The van der Waals surface area contributed by atoms with Crippen molar-refractivity contribution in [1.29, 1.82) is 0 Å². The standard InChI is InChI=1S/C14H27N3/c1-5-10-17-14(7-9-16-17)13(4)6-8-15-11-12(2)3/h7,9,12-13,15H,5-6,8,10-11H2,1-4H3. The highest BCUT2D eigenvalue weighted by molar-refractivity contribution is 5.06. The third kappa shape index (κ3) is 4.90. The highest BCUT2D eigenvalue weighted by atomic mass is 15.3. The van der Waals surface area contributed by atoms with Crippen LogP contribution in [0.3, 0.4) is 0 Å². The third-order valence-corrected chi connectivity index (χ3v) is 3.00. The number of hydrogen-bond acceptors (Lipinski definition) is 2. The molecule has 0 aromatic carbocycles. The topological polar surface area (TPSA) is 29.9 Å². The molecule has 0 saturated carbocycles. The summed E-state index contributed by atoms with van der Waals surface area (Å²) in [5.74, 6) is 1.32. The molecule has 1 unspecified atom stereocenters. The summed E-state index contributed by atoms with van der Waals surface area (Å²) >= 11 is 0.